The first-order valence-corrected chi connectivity index (χ1v) is 12.0. The molecular weight excluding hydrogens is 420 g/mol. The third kappa shape index (κ3) is 6.13. The number of aryl methyl sites for hydroxylation is 1. The highest BCUT2D eigenvalue weighted by Gasteiger charge is 2.16. The predicted molar refractivity (Wildman–Crippen MR) is 130 cm³/mol. The van der Waals surface area contributed by atoms with E-state index in [9.17, 15) is 4.79 Å². The molecular formula is C25H32N4O2S. The highest BCUT2D eigenvalue weighted by molar-refractivity contribution is 7.99. The highest BCUT2D eigenvalue weighted by Crippen LogP contribution is 2.25. The lowest BCUT2D eigenvalue weighted by Gasteiger charge is -2.19. The van der Waals surface area contributed by atoms with E-state index in [1.165, 1.54) is 17.3 Å². The Kier molecular flexibility index (Phi) is 7.96. The number of thioether (sulfide) groups is 1. The number of rotatable bonds is 9. The van der Waals surface area contributed by atoms with E-state index in [2.05, 4.69) is 55.3 Å². The van der Waals surface area contributed by atoms with Gasteiger partial charge in [0, 0.05) is 12.2 Å². The van der Waals surface area contributed by atoms with E-state index in [0.29, 0.717) is 18.3 Å². The largest absolute Gasteiger partial charge is 0.486 e. The molecule has 0 aliphatic rings. The van der Waals surface area contributed by atoms with Crippen molar-refractivity contribution in [2.75, 3.05) is 11.1 Å². The minimum atomic E-state index is -0.0571. The van der Waals surface area contributed by atoms with Crippen LogP contribution in [0.4, 0.5) is 5.69 Å². The maximum absolute atomic E-state index is 12.5. The summed E-state index contributed by atoms with van der Waals surface area (Å²) in [6.45, 7) is 11.7. The maximum atomic E-state index is 12.5. The van der Waals surface area contributed by atoms with Gasteiger partial charge in [0.2, 0.25) is 5.91 Å². The van der Waals surface area contributed by atoms with Gasteiger partial charge in [0.15, 0.2) is 11.0 Å². The van der Waals surface area contributed by atoms with Gasteiger partial charge in [-0.15, -0.1) is 10.2 Å². The van der Waals surface area contributed by atoms with E-state index in [1.54, 1.807) is 0 Å². The Balaban J connectivity index is 1.58. The Morgan fingerprint density at radius 2 is 1.78 bits per heavy atom. The smallest absolute Gasteiger partial charge is 0.234 e. The molecule has 7 heteroatoms. The van der Waals surface area contributed by atoms with Crippen molar-refractivity contribution < 1.29 is 9.53 Å². The molecule has 0 saturated carbocycles. The van der Waals surface area contributed by atoms with Crippen LogP contribution >= 0.6 is 11.8 Å². The predicted octanol–water partition coefficient (Wildman–Crippen LogP) is 5.47. The van der Waals surface area contributed by atoms with Crippen molar-refractivity contribution in [3.63, 3.8) is 0 Å². The van der Waals surface area contributed by atoms with Gasteiger partial charge in [-0.3, -0.25) is 4.79 Å². The lowest BCUT2D eigenvalue weighted by molar-refractivity contribution is -0.113. The summed E-state index contributed by atoms with van der Waals surface area (Å²) in [5.74, 6) is 1.75. The number of anilines is 1. The number of nitrogens with zero attached hydrogens (tertiary/aromatic N) is 3. The molecule has 0 aliphatic heterocycles. The van der Waals surface area contributed by atoms with Crippen LogP contribution in [-0.4, -0.2) is 26.4 Å². The molecule has 0 spiro atoms. The summed E-state index contributed by atoms with van der Waals surface area (Å²) in [6.07, 6.45) is 0.871. The molecule has 0 fully saturated rings. The van der Waals surface area contributed by atoms with E-state index in [4.69, 9.17) is 4.74 Å². The summed E-state index contributed by atoms with van der Waals surface area (Å²) >= 11 is 1.38. The number of hydrogen-bond donors (Lipinski definition) is 1. The molecule has 0 aliphatic carbocycles. The number of hydrogen-bond acceptors (Lipinski definition) is 5. The van der Waals surface area contributed by atoms with Crippen molar-refractivity contribution >= 4 is 23.4 Å². The fraction of sp³-hybridized carbons (Fsp3) is 0.400. The standard InChI is InChI=1S/C25H32N4O2S/c1-6-18-10-8-9-11-21(18)26-23(30)17-32-24-28-27-22(29(24)7-2)16-31-20-14-12-19(13-15-20)25(3,4)5/h8-15H,6-7,16-17H2,1-5H3,(H,26,30). The van der Waals surface area contributed by atoms with Gasteiger partial charge < -0.3 is 14.6 Å². The second kappa shape index (κ2) is 10.7. The summed E-state index contributed by atoms with van der Waals surface area (Å²) in [5.41, 5.74) is 3.36. The Morgan fingerprint density at radius 3 is 2.44 bits per heavy atom. The van der Waals surface area contributed by atoms with Crippen LogP contribution in [0.15, 0.2) is 53.7 Å². The summed E-state index contributed by atoms with van der Waals surface area (Å²) in [6, 6.07) is 16.0. The van der Waals surface area contributed by atoms with Gasteiger partial charge in [0.05, 0.1) is 5.75 Å². The molecule has 2 aromatic carbocycles. The molecule has 170 valence electrons. The van der Waals surface area contributed by atoms with Crippen LogP contribution in [0.2, 0.25) is 0 Å². The van der Waals surface area contributed by atoms with Crippen LogP contribution in [-0.2, 0) is 29.8 Å². The fourth-order valence-corrected chi connectivity index (χ4v) is 4.14. The number of amides is 1. The molecule has 1 aromatic heterocycles. The SMILES string of the molecule is CCc1ccccc1NC(=O)CSc1nnc(COc2ccc(C(C)(C)C)cc2)n1CC. The first-order chi connectivity index (χ1) is 15.3. The Bertz CT molecular complexity index is 1040. The molecule has 1 N–H and O–H groups in total. The zero-order valence-corrected chi connectivity index (χ0v) is 20.3. The number of para-hydroxylation sites is 1. The zero-order valence-electron chi connectivity index (χ0n) is 19.5. The number of ether oxygens (including phenoxy) is 1. The first kappa shape index (κ1) is 23.9. The zero-order chi connectivity index (χ0) is 23.1. The van der Waals surface area contributed by atoms with Crippen molar-refractivity contribution in [3.8, 4) is 5.75 Å². The maximum Gasteiger partial charge on any atom is 0.234 e. The second-order valence-electron chi connectivity index (χ2n) is 8.55. The number of nitrogens with one attached hydrogen (secondary N) is 1. The van der Waals surface area contributed by atoms with Gasteiger partial charge in [-0.05, 0) is 48.1 Å². The Labute approximate surface area is 194 Å². The van der Waals surface area contributed by atoms with E-state index >= 15 is 0 Å². The first-order valence-electron chi connectivity index (χ1n) is 11.0. The topological polar surface area (TPSA) is 69.0 Å². The van der Waals surface area contributed by atoms with Crippen LogP contribution in [0.3, 0.4) is 0 Å². The monoisotopic (exact) mass is 452 g/mol. The molecule has 3 aromatic rings. The highest BCUT2D eigenvalue weighted by atomic mass is 32.2. The number of benzene rings is 2. The molecule has 1 amide bonds. The van der Waals surface area contributed by atoms with Crippen molar-refractivity contribution in [2.24, 2.45) is 0 Å². The molecule has 0 radical (unpaired) electrons. The van der Waals surface area contributed by atoms with Gasteiger partial charge in [-0.1, -0.05) is 69.8 Å². The van der Waals surface area contributed by atoms with Gasteiger partial charge in [-0.2, -0.15) is 0 Å². The van der Waals surface area contributed by atoms with E-state index in [-0.39, 0.29) is 17.1 Å². The third-order valence-electron chi connectivity index (χ3n) is 5.20. The van der Waals surface area contributed by atoms with Crippen molar-refractivity contribution in [1.82, 2.24) is 14.8 Å². The average molecular weight is 453 g/mol. The fourth-order valence-electron chi connectivity index (χ4n) is 3.32. The van der Waals surface area contributed by atoms with Crippen LogP contribution in [0.25, 0.3) is 0 Å². The van der Waals surface area contributed by atoms with Gasteiger partial charge in [-0.25, -0.2) is 0 Å². The van der Waals surface area contributed by atoms with Gasteiger partial charge in [0.25, 0.3) is 0 Å². The number of aromatic nitrogens is 3. The summed E-state index contributed by atoms with van der Waals surface area (Å²) in [4.78, 5) is 12.5. The summed E-state index contributed by atoms with van der Waals surface area (Å²) in [5, 5.41) is 12.3. The quantitative estimate of drug-likeness (QED) is 0.436. The van der Waals surface area contributed by atoms with Crippen LogP contribution < -0.4 is 10.1 Å². The molecule has 0 atom stereocenters. The van der Waals surface area contributed by atoms with E-state index in [1.807, 2.05) is 47.9 Å². The second-order valence-corrected chi connectivity index (χ2v) is 9.50. The summed E-state index contributed by atoms with van der Waals surface area (Å²) in [7, 11) is 0. The van der Waals surface area contributed by atoms with Crippen molar-refractivity contribution in [3.05, 3.63) is 65.5 Å². The van der Waals surface area contributed by atoms with Crippen molar-refractivity contribution in [1.29, 1.82) is 0 Å². The average Bonchev–Trinajstić information content (AvgIpc) is 3.18. The number of carbonyl (C=O) groups is 1. The Morgan fingerprint density at radius 1 is 1.06 bits per heavy atom. The minimum absolute atomic E-state index is 0.0571. The molecule has 32 heavy (non-hydrogen) atoms. The van der Waals surface area contributed by atoms with Crippen LogP contribution in [0, 0.1) is 0 Å². The van der Waals surface area contributed by atoms with Crippen molar-refractivity contribution in [2.45, 2.75) is 64.8 Å². The molecule has 0 bridgehead atoms. The van der Waals surface area contributed by atoms with Crippen LogP contribution in [0.1, 0.15) is 51.6 Å². The molecule has 3 rings (SSSR count). The molecule has 1 heterocycles. The molecule has 0 unspecified atom stereocenters. The number of carbonyl (C=O) groups excluding carboxylic acids is 1. The lowest BCUT2D eigenvalue weighted by atomic mass is 9.87. The van der Waals surface area contributed by atoms with Gasteiger partial charge >= 0.3 is 0 Å². The lowest BCUT2D eigenvalue weighted by Crippen LogP contribution is -2.16. The molecule has 6 nitrogen and oxygen atoms in total. The minimum Gasteiger partial charge on any atom is -0.486 e. The molecule has 0 saturated heterocycles. The van der Waals surface area contributed by atoms with Gasteiger partial charge in [0.1, 0.15) is 12.4 Å². The summed E-state index contributed by atoms with van der Waals surface area (Å²) < 4.78 is 7.92. The van der Waals surface area contributed by atoms with E-state index < -0.39 is 0 Å². The third-order valence-corrected chi connectivity index (χ3v) is 6.17. The van der Waals surface area contributed by atoms with E-state index in [0.717, 1.165) is 29.2 Å². The van der Waals surface area contributed by atoms with Crippen LogP contribution in [0.5, 0.6) is 5.75 Å². The normalized spacial score (nSPS) is 11.4. The Hall–Kier alpha value is -2.80.